The van der Waals surface area contributed by atoms with E-state index in [4.69, 9.17) is 4.74 Å². The molecule has 1 aromatic carbocycles. The minimum atomic E-state index is -4.65. The Bertz CT molecular complexity index is 890. The monoisotopic (exact) mass is 377 g/mol. The maximum atomic E-state index is 13.4. The number of ether oxygens (including phenoxy) is 1. The van der Waals surface area contributed by atoms with Crippen LogP contribution in [-0.4, -0.2) is 22.0 Å². The standard InChI is InChI=1S/C15H18F3N3O3S/c1-7(2)24-8(3)9-5-10-12(6-11(9)15(16,17)18)19-14(23)21(13(10)22)20-25-4/h5-8,20H,1-4H3,(H,19,23). The molecule has 1 heterocycles. The first kappa shape index (κ1) is 19.4. The van der Waals surface area contributed by atoms with E-state index in [2.05, 4.69) is 9.82 Å². The lowest BCUT2D eigenvalue weighted by Gasteiger charge is -2.21. The van der Waals surface area contributed by atoms with Gasteiger partial charge in [0.25, 0.3) is 5.56 Å². The van der Waals surface area contributed by atoms with E-state index in [9.17, 15) is 22.8 Å². The Kier molecular flexibility index (Phi) is 5.52. The second kappa shape index (κ2) is 7.12. The molecule has 0 spiro atoms. The van der Waals surface area contributed by atoms with Gasteiger partial charge in [-0.15, -0.1) is 0 Å². The van der Waals surface area contributed by atoms with E-state index in [0.29, 0.717) is 4.68 Å². The minimum Gasteiger partial charge on any atom is -0.371 e. The molecule has 2 aromatic rings. The summed E-state index contributed by atoms with van der Waals surface area (Å²) >= 11 is 1.01. The minimum absolute atomic E-state index is 0.0386. The third kappa shape index (κ3) is 4.01. The predicted molar refractivity (Wildman–Crippen MR) is 91.3 cm³/mol. The number of rotatable bonds is 5. The molecule has 138 valence electrons. The third-order valence-electron chi connectivity index (χ3n) is 3.47. The van der Waals surface area contributed by atoms with E-state index in [1.165, 1.54) is 6.92 Å². The number of nitrogens with one attached hydrogen (secondary N) is 2. The summed E-state index contributed by atoms with van der Waals surface area (Å²) in [5.41, 5.74) is -2.87. The first-order valence-electron chi connectivity index (χ1n) is 7.41. The van der Waals surface area contributed by atoms with Gasteiger partial charge in [0.05, 0.1) is 28.7 Å². The van der Waals surface area contributed by atoms with Crippen molar-refractivity contribution in [3.63, 3.8) is 0 Å². The molecule has 0 fully saturated rings. The van der Waals surface area contributed by atoms with E-state index < -0.39 is 29.1 Å². The Morgan fingerprint density at radius 2 is 1.88 bits per heavy atom. The van der Waals surface area contributed by atoms with Gasteiger partial charge >= 0.3 is 11.9 Å². The maximum Gasteiger partial charge on any atom is 0.416 e. The molecule has 0 saturated carbocycles. The summed E-state index contributed by atoms with van der Waals surface area (Å²) in [4.78, 5) is 29.1. The number of halogens is 3. The molecule has 1 atom stereocenters. The molecular weight excluding hydrogens is 359 g/mol. The lowest BCUT2D eigenvalue weighted by molar-refractivity contribution is -0.139. The average Bonchev–Trinajstić information content (AvgIpc) is 2.48. The highest BCUT2D eigenvalue weighted by atomic mass is 32.2. The van der Waals surface area contributed by atoms with Crippen LogP contribution < -0.4 is 16.1 Å². The highest BCUT2D eigenvalue weighted by molar-refractivity contribution is 7.99. The molecular formula is C15H18F3N3O3S. The first-order chi connectivity index (χ1) is 11.6. The molecule has 1 unspecified atom stereocenters. The maximum absolute atomic E-state index is 13.4. The van der Waals surface area contributed by atoms with Gasteiger partial charge in [0, 0.05) is 6.26 Å². The van der Waals surface area contributed by atoms with Crippen LogP contribution >= 0.6 is 11.9 Å². The Balaban J connectivity index is 2.81. The SMILES string of the molecule is CSNn1c(=O)[nH]c2cc(C(F)(F)F)c(C(C)OC(C)C)cc2c1=O. The highest BCUT2D eigenvalue weighted by Crippen LogP contribution is 2.37. The van der Waals surface area contributed by atoms with Crippen LogP contribution in [0.3, 0.4) is 0 Å². The molecule has 6 nitrogen and oxygen atoms in total. The van der Waals surface area contributed by atoms with Crippen molar-refractivity contribution >= 4 is 22.9 Å². The van der Waals surface area contributed by atoms with Crippen molar-refractivity contribution in [3.8, 4) is 0 Å². The van der Waals surface area contributed by atoms with Crippen molar-refractivity contribution < 1.29 is 17.9 Å². The van der Waals surface area contributed by atoms with Gasteiger partial charge in [0.1, 0.15) is 0 Å². The number of hydrogen-bond acceptors (Lipinski definition) is 5. The third-order valence-corrected chi connectivity index (χ3v) is 3.84. The van der Waals surface area contributed by atoms with Crippen LogP contribution in [0.5, 0.6) is 0 Å². The zero-order chi connectivity index (χ0) is 18.9. The largest absolute Gasteiger partial charge is 0.416 e. The number of nitrogens with zero attached hydrogens (tertiary/aromatic N) is 1. The van der Waals surface area contributed by atoms with E-state index in [1.54, 1.807) is 20.1 Å². The van der Waals surface area contributed by atoms with Gasteiger partial charge in [-0.25, -0.2) is 4.79 Å². The smallest absolute Gasteiger partial charge is 0.371 e. The summed E-state index contributed by atoms with van der Waals surface area (Å²) in [5.74, 6) is 0. The number of aromatic nitrogens is 2. The Hall–Kier alpha value is -1.94. The highest BCUT2D eigenvalue weighted by Gasteiger charge is 2.35. The van der Waals surface area contributed by atoms with Crippen LogP contribution in [-0.2, 0) is 10.9 Å². The Morgan fingerprint density at radius 3 is 2.40 bits per heavy atom. The number of H-pyrrole nitrogens is 1. The summed E-state index contributed by atoms with van der Waals surface area (Å²) in [6.07, 6.45) is -4.22. The topological polar surface area (TPSA) is 76.1 Å². The fourth-order valence-electron chi connectivity index (χ4n) is 2.52. The molecule has 2 rings (SSSR count). The number of fused-ring (bicyclic) bond motifs is 1. The lowest BCUT2D eigenvalue weighted by Crippen LogP contribution is -2.39. The molecule has 0 amide bonds. The Morgan fingerprint density at radius 1 is 1.24 bits per heavy atom. The number of benzene rings is 1. The first-order valence-corrected chi connectivity index (χ1v) is 8.63. The molecule has 0 bridgehead atoms. The van der Waals surface area contributed by atoms with Crippen molar-refractivity contribution in [1.82, 2.24) is 9.66 Å². The van der Waals surface area contributed by atoms with Crippen LogP contribution in [0.4, 0.5) is 13.2 Å². The van der Waals surface area contributed by atoms with Gasteiger partial charge in [0.15, 0.2) is 0 Å². The second-order valence-electron chi connectivity index (χ2n) is 5.68. The van der Waals surface area contributed by atoms with Crippen LogP contribution in [0.15, 0.2) is 21.7 Å². The van der Waals surface area contributed by atoms with Gasteiger partial charge < -0.3 is 9.72 Å². The molecule has 10 heteroatoms. The van der Waals surface area contributed by atoms with Crippen molar-refractivity contribution in [1.29, 1.82) is 0 Å². The van der Waals surface area contributed by atoms with E-state index in [1.807, 2.05) is 0 Å². The van der Waals surface area contributed by atoms with Crippen molar-refractivity contribution in [2.45, 2.75) is 39.2 Å². The van der Waals surface area contributed by atoms with Gasteiger partial charge in [-0.05, 0) is 50.4 Å². The predicted octanol–water partition coefficient (Wildman–Crippen LogP) is 3.02. The fourth-order valence-corrected chi connectivity index (χ4v) is 2.87. The normalized spacial score (nSPS) is 13.4. The van der Waals surface area contributed by atoms with Gasteiger partial charge in [-0.2, -0.15) is 17.8 Å². The molecule has 0 radical (unpaired) electrons. The zero-order valence-corrected chi connectivity index (χ0v) is 14.8. The van der Waals surface area contributed by atoms with Crippen molar-refractivity contribution in [3.05, 3.63) is 44.1 Å². The fraction of sp³-hybridized carbons (Fsp3) is 0.467. The number of alkyl halides is 3. The summed E-state index contributed by atoms with van der Waals surface area (Å²) in [5, 5.41) is -0.0386. The van der Waals surface area contributed by atoms with E-state index in [-0.39, 0.29) is 22.6 Å². The second-order valence-corrected chi connectivity index (χ2v) is 6.27. The zero-order valence-electron chi connectivity index (χ0n) is 14.0. The number of aromatic amines is 1. The van der Waals surface area contributed by atoms with E-state index in [0.717, 1.165) is 24.1 Å². The summed E-state index contributed by atoms with van der Waals surface area (Å²) in [7, 11) is 0. The van der Waals surface area contributed by atoms with E-state index >= 15 is 0 Å². The summed E-state index contributed by atoms with van der Waals surface area (Å²) in [6.45, 7) is 4.90. The van der Waals surface area contributed by atoms with Crippen LogP contribution in [0.25, 0.3) is 10.9 Å². The molecule has 1 aromatic heterocycles. The van der Waals surface area contributed by atoms with Crippen molar-refractivity contribution in [2.24, 2.45) is 0 Å². The quantitative estimate of drug-likeness (QED) is 0.784. The molecule has 0 saturated heterocycles. The molecule has 25 heavy (non-hydrogen) atoms. The summed E-state index contributed by atoms with van der Waals surface area (Å²) in [6, 6.07) is 1.90. The van der Waals surface area contributed by atoms with Crippen LogP contribution in [0.1, 0.15) is 38.0 Å². The lowest BCUT2D eigenvalue weighted by atomic mass is 10.00. The molecule has 0 aliphatic rings. The Labute approximate surface area is 145 Å². The van der Waals surface area contributed by atoms with Gasteiger partial charge in [-0.3, -0.25) is 9.63 Å². The summed E-state index contributed by atoms with van der Waals surface area (Å²) < 4.78 is 46.5. The van der Waals surface area contributed by atoms with Gasteiger partial charge in [-0.1, -0.05) is 0 Å². The molecule has 0 aliphatic carbocycles. The van der Waals surface area contributed by atoms with Crippen LogP contribution in [0.2, 0.25) is 0 Å². The van der Waals surface area contributed by atoms with Crippen molar-refractivity contribution in [2.75, 3.05) is 11.1 Å². The van der Waals surface area contributed by atoms with Gasteiger partial charge in [0.2, 0.25) is 0 Å². The molecule has 2 N–H and O–H groups in total. The number of hydrogen-bond donors (Lipinski definition) is 2. The average molecular weight is 377 g/mol. The van der Waals surface area contributed by atoms with Crippen LogP contribution in [0, 0.1) is 0 Å². The molecule has 0 aliphatic heterocycles.